The first-order valence-electron chi connectivity index (χ1n) is 21.2. The molecular formula is C51H39F3N6O4RuS5. The Labute approximate surface area is 436 Å². The van der Waals surface area contributed by atoms with Crippen LogP contribution in [0.3, 0.4) is 0 Å². The van der Waals surface area contributed by atoms with Gasteiger partial charge in [-0.05, 0) is 120 Å². The van der Waals surface area contributed by atoms with Crippen molar-refractivity contribution in [3.8, 4) is 86.1 Å². The van der Waals surface area contributed by atoms with Gasteiger partial charge in [0.1, 0.15) is 11.5 Å². The third-order valence-electron chi connectivity index (χ3n) is 10.3. The second-order valence-electron chi connectivity index (χ2n) is 14.9. The number of halogens is 3. The maximum atomic E-state index is 12.8. The Balaban J connectivity index is 0.000000232. The molecule has 0 spiro atoms. The van der Waals surface area contributed by atoms with E-state index in [4.69, 9.17) is 19.9 Å². The van der Waals surface area contributed by atoms with E-state index in [-0.39, 0.29) is 25.2 Å². The molecular weight excluding hydrogens is 1080 g/mol. The number of hydrogen-bond donors (Lipinski definition) is 0. The summed E-state index contributed by atoms with van der Waals surface area (Å²) in [5, 5.41) is 12.7. The van der Waals surface area contributed by atoms with E-state index in [0.717, 1.165) is 46.0 Å². The van der Waals surface area contributed by atoms with Crippen LogP contribution in [0.5, 0.6) is 11.5 Å². The number of thiophene rings is 4. The van der Waals surface area contributed by atoms with Gasteiger partial charge in [-0.3, -0.25) is 24.5 Å². The molecule has 0 aliphatic rings. The SMILES string of the molecule is CCCCCCc1ccsc1-c1ccnc(-c2cc(C(F)(F)F)c[n-]2)c1.Cc1ccsc1-c1ccc(-c2ccc(-c3ccnc(-c4cc(OC=O)cc(-c5cc(OC=O)ccn5)n4)c3)s2)s1.[N-]=C=S.[Ru+2]. The van der Waals surface area contributed by atoms with E-state index < -0.39 is 11.7 Å². The molecule has 9 heterocycles. The van der Waals surface area contributed by atoms with Gasteiger partial charge in [0.25, 0.3) is 12.9 Å². The zero-order chi connectivity index (χ0) is 48.8. The standard InChI is InChI=1S/C30H19N3O4S3.C20H20F3N2S.CNS.Ru/c1-18-8-11-38-30(18)29-5-4-28(40-29)27-3-2-26(39-27)19-6-9-31-22(12-19)24-14-21(37-17-35)15-25(33-24)23-13-20(36-16-34)7-10-32-23;1-2-3-4-5-6-14-8-10-26-19(14)15-7-9-24-17(11-15)18-12-16(13-25-18)20(21,22)23;2-1-3;/h2-17H,1H3;7-13H,2-6H2,1H3;;/q;2*-1;+2. The van der Waals surface area contributed by atoms with Gasteiger partial charge in [-0.15, -0.1) is 51.0 Å². The summed E-state index contributed by atoms with van der Waals surface area (Å²) in [7, 11) is 0. The zero-order valence-electron chi connectivity index (χ0n) is 37.2. The first-order valence-corrected chi connectivity index (χ1v) is 25.0. The van der Waals surface area contributed by atoms with Gasteiger partial charge < -0.3 is 19.9 Å². The van der Waals surface area contributed by atoms with Crippen LogP contribution in [0.2, 0.25) is 0 Å². The van der Waals surface area contributed by atoms with E-state index in [1.807, 2.05) is 24.3 Å². The molecule has 19 heteroatoms. The van der Waals surface area contributed by atoms with Crippen molar-refractivity contribution >= 4 is 75.7 Å². The van der Waals surface area contributed by atoms with E-state index in [1.54, 1.807) is 82.0 Å². The molecule has 0 unspecified atom stereocenters. The number of ether oxygens (including phenoxy) is 2. The first kappa shape index (κ1) is 53.2. The van der Waals surface area contributed by atoms with Gasteiger partial charge in [0.2, 0.25) is 0 Å². The molecule has 0 saturated heterocycles. The van der Waals surface area contributed by atoms with Crippen LogP contribution in [0.4, 0.5) is 13.2 Å². The molecule has 0 saturated carbocycles. The summed E-state index contributed by atoms with van der Waals surface area (Å²) in [5.74, 6) is 0.612. The first-order chi connectivity index (χ1) is 33.5. The Morgan fingerprint density at radius 2 is 1.26 bits per heavy atom. The molecule has 0 radical (unpaired) electrons. The molecule has 0 aromatic carbocycles. The van der Waals surface area contributed by atoms with Gasteiger partial charge in [0.15, 0.2) is 0 Å². The fraction of sp³-hybridized carbons (Fsp3) is 0.157. The topological polar surface area (TPSA) is 141 Å². The van der Waals surface area contributed by atoms with Crippen molar-refractivity contribution in [1.82, 2.24) is 24.9 Å². The Hall–Kier alpha value is -6.17. The van der Waals surface area contributed by atoms with E-state index in [0.29, 0.717) is 52.9 Å². The van der Waals surface area contributed by atoms with Crippen molar-refractivity contribution in [3.05, 3.63) is 149 Å². The van der Waals surface area contributed by atoms with Gasteiger partial charge in [-0.1, -0.05) is 44.5 Å². The average Bonchev–Trinajstić information content (AvgIpc) is 4.22. The minimum atomic E-state index is -4.39. The normalized spacial score (nSPS) is 10.7. The molecule has 0 aliphatic carbocycles. The van der Waals surface area contributed by atoms with Gasteiger partial charge in [-0.2, -0.15) is 24.5 Å². The van der Waals surface area contributed by atoms with Crippen LogP contribution < -0.4 is 14.5 Å². The minimum Gasteiger partial charge on any atom is -0.753 e. The molecule has 356 valence electrons. The Morgan fingerprint density at radius 1 is 0.686 bits per heavy atom. The fourth-order valence-electron chi connectivity index (χ4n) is 7.03. The van der Waals surface area contributed by atoms with Crippen LogP contribution in [0.15, 0.2) is 127 Å². The molecule has 0 atom stereocenters. The molecule has 10 nitrogen and oxygen atoms in total. The Kier molecular flexibility index (Phi) is 19.5. The van der Waals surface area contributed by atoms with Crippen molar-refractivity contribution < 1.29 is 51.7 Å². The molecule has 0 bridgehead atoms. The van der Waals surface area contributed by atoms with E-state index in [1.165, 1.54) is 61.3 Å². The van der Waals surface area contributed by atoms with Crippen LogP contribution in [0, 0.1) is 6.92 Å². The molecule has 70 heavy (non-hydrogen) atoms. The quantitative estimate of drug-likeness (QED) is 0.0302. The number of alkyl halides is 3. The predicted molar refractivity (Wildman–Crippen MR) is 274 cm³/mol. The summed E-state index contributed by atoms with van der Waals surface area (Å²) < 4.78 is 48.5. The van der Waals surface area contributed by atoms with Crippen LogP contribution in [0.25, 0.3) is 80.0 Å². The van der Waals surface area contributed by atoms with Gasteiger partial charge in [-0.25, -0.2) is 4.98 Å². The number of hydrogen-bond acceptors (Lipinski definition) is 13. The maximum absolute atomic E-state index is 12.8. The summed E-state index contributed by atoms with van der Waals surface area (Å²) in [5.41, 5.74) is 6.53. The maximum Gasteiger partial charge on any atom is 2.00 e. The molecule has 0 N–H and O–H groups in total. The molecule has 9 aromatic rings. The van der Waals surface area contributed by atoms with Gasteiger partial charge in [0, 0.05) is 77.3 Å². The summed E-state index contributed by atoms with van der Waals surface area (Å²) >= 11 is 10.6. The number of aromatic nitrogens is 5. The van der Waals surface area contributed by atoms with Gasteiger partial charge in [0.05, 0.1) is 22.8 Å². The molecule has 0 fully saturated rings. The molecule has 0 amide bonds. The third kappa shape index (κ3) is 13.8. The van der Waals surface area contributed by atoms with Crippen molar-refractivity contribution in [2.75, 3.05) is 0 Å². The van der Waals surface area contributed by atoms with Crippen molar-refractivity contribution in [2.24, 2.45) is 0 Å². The summed E-state index contributed by atoms with van der Waals surface area (Å²) in [6.45, 7) is 5.03. The summed E-state index contributed by atoms with van der Waals surface area (Å²) in [6.07, 6.45) is 7.17. The second kappa shape index (κ2) is 25.6. The van der Waals surface area contributed by atoms with Gasteiger partial charge >= 0.3 is 25.7 Å². The molecule has 0 aliphatic heterocycles. The average molecular weight is 1120 g/mol. The van der Waals surface area contributed by atoms with Crippen LogP contribution >= 0.6 is 57.6 Å². The number of isothiocyanates is 1. The minimum absolute atomic E-state index is 0. The number of nitrogens with zero attached hydrogens (tertiary/aromatic N) is 6. The van der Waals surface area contributed by atoms with E-state index in [2.05, 4.69) is 93.2 Å². The number of pyridine rings is 4. The number of rotatable bonds is 16. The smallest absolute Gasteiger partial charge is 0.753 e. The third-order valence-corrected chi connectivity index (χ3v) is 14.9. The Bertz CT molecular complexity index is 3190. The van der Waals surface area contributed by atoms with Crippen LogP contribution in [-0.2, 0) is 41.7 Å². The van der Waals surface area contributed by atoms with Crippen molar-refractivity contribution in [3.63, 3.8) is 0 Å². The summed E-state index contributed by atoms with van der Waals surface area (Å²) in [4.78, 5) is 50.8. The van der Waals surface area contributed by atoms with Crippen molar-refractivity contribution in [2.45, 2.75) is 52.1 Å². The zero-order valence-corrected chi connectivity index (χ0v) is 43.0. The fourth-order valence-corrected chi connectivity index (χ4v) is 11.2. The molecule has 9 rings (SSSR count). The van der Waals surface area contributed by atoms with Crippen LogP contribution in [0.1, 0.15) is 49.3 Å². The summed E-state index contributed by atoms with van der Waals surface area (Å²) in [6, 6.07) is 28.0. The Morgan fingerprint density at radius 3 is 1.91 bits per heavy atom. The predicted octanol–water partition coefficient (Wildman–Crippen LogP) is 15.0. The second-order valence-corrected chi connectivity index (χ2v) is 19.1. The number of carbonyl (C=O) groups excluding carboxylic acids is 2. The molecule has 9 aromatic heterocycles. The number of unbranched alkanes of at least 4 members (excludes halogenated alkanes) is 3. The van der Waals surface area contributed by atoms with E-state index >= 15 is 0 Å². The van der Waals surface area contributed by atoms with E-state index in [9.17, 15) is 22.8 Å². The van der Waals surface area contributed by atoms with Crippen LogP contribution in [-0.4, -0.2) is 38.0 Å². The number of carbonyl (C=O) groups is 2. The van der Waals surface area contributed by atoms with Crippen molar-refractivity contribution in [1.29, 1.82) is 0 Å². The number of thiocarbonyl (C=S) groups is 1. The number of aryl methyl sites for hydroxylation is 2. The monoisotopic (exact) mass is 1120 g/mol. The largest absolute Gasteiger partial charge is 2.00 e.